The molecule has 6 nitrogen and oxygen atoms in total. The Morgan fingerprint density at radius 3 is 2.44 bits per heavy atom. The van der Waals surface area contributed by atoms with E-state index >= 15 is 0 Å². The van der Waals surface area contributed by atoms with Crippen molar-refractivity contribution in [3.8, 4) is 17.2 Å². The third-order valence-corrected chi connectivity index (χ3v) is 5.89. The van der Waals surface area contributed by atoms with E-state index < -0.39 is 17.2 Å². The van der Waals surface area contributed by atoms with Gasteiger partial charge in [-0.3, -0.25) is 4.79 Å². The second-order valence-corrected chi connectivity index (χ2v) is 9.46. The molecule has 0 N–H and O–H groups in total. The van der Waals surface area contributed by atoms with Crippen LogP contribution in [-0.4, -0.2) is 54.8 Å². The predicted molar refractivity (Wildman–Crippen MR) is 123 cm³/mol. The summed E-state index contributed by atoms with van der Waals surface area (Å²) < 4.78 is 51.5. The van der Waals surface area contributed by atoms with Crippen LogP contribution in [0.5, 0.6) is 17.2 Å². The third-order valence-electron chi connectivity index (χ3n) is 5.89. The van der Waals surface area contributed by atoms with Crippen LogP contribution in [0.25, 0.3) is 0 Å². The van der Waals surface area contributed by atoms with E-state index in [4.69, 9.17) is 9.47 Å². The van der Waals surface area contributed by atoms with Crippen LogP contribution < -0.4 is 9.47 Å². The lowest BCUT2D eigenvalue weighted by molar-refractivity contribution is -0.139. The van der Waals surface area contributed by atoms with Crippen molar-refractivity contribution < 1.29 is 27.4 Å². The molecule has 2 heterocycles. The Bertz CT molecular complexity index is 1120. The lowest BCUT2D eigenvalue weighted by atomic mass is 9.94. The van der Waals surface area contributed by atoms with Gasteiger partial charge in [-0.25, -0.2) is 4.99 Å². The van der Waals surface area contributed by atoms with Crippen LogP contribution in [0.3, 0.4) is 0 Å². The minimum atomic E-state index is -4.50. The molecule has 0 atom stereocenters. The Balaban J connectivity index is 1.75. The molecule has 182 valence electrons. The highest BCUT2D eigenvalue weighted by Crippen LogP contribution is 2.42. The van der Waals surface area contributed by atoms with E-state index in [-0.39, 0.29) is 17.3 Å². The van der Waals surface area contributed by atoms with Gasteiger partial charge in [0, 0.05) is 37.7 Å². The topological polar surface area (TPSA) is 54.4 Å². The molecule has 0 saturated carbocycles. The van der Waals surface area contributed by atoms with E-state index in [1.807, 2.05) is 30.6 Å². The number of nitrogens with zero attached hydrogens (tertiary/aromatic N) is 3. The normalized spacial score (nSPS) is 16.5. The van der Waals surface area contributed by atoms with Gasteiger partial charge in [0.05, 0.1) is 18.2 Å². The minimum absolute atomic E-state index is 0.0748. The van der Waals surface area contributed by atoms with Crippen LogP contribution in [-0.2, 0) is 11.0 Å². The molecule has 0 unspecified atom stereocenters. The fourth-order valence-electron chi connectivity index (χ4n) is 4.11. The summed E-state index contributed by atoms with van der Waals surface area (Å²) in [7, 11) is 1.53. The van der Waals surface area contributed by atoms with E-state index in [1.165, 1.54) is 13.2 Å². The SMILES string of the molecule is COc1ccc2c(c1)Oc1ccc(C(F)(F)F)cc1N=C2N1CCCN(C(=O)C(C)(C)C)CC1. The number of carbonyl (C=O) groups excluding carboxylic acids is 1. The maximum Gasteiger partial charge on any atom is 0.416 e. The van der Waals surface area contributed by atoms with Crippen LogP contribution in [0.15, 0.2) is 41.4 Å². The number of ether oxygens (including phenoxy) is 2. The second kappa shape index (κ2) is 8.85. The molecule has 0 bridgehead atoms. The quantitative estimate of drug-likeness (QED) is 0.548. The number of fused-ring (bicyclic) bond motifs is 2. The summed E-state index contributed by atoms with van der Waals surface area (Å²) in [5.41, 5.74) is -0.522. The zero-order valence-corrected chi connectivity index (χ0v) is 19.7. The van der Waals surface area contributed by atoms with E-state index in [2.05, 4.69) is 4.99 Å². The first-order chi connectivity index (χ1) is 16.0. The Kier molecular flexibility index (Phi) is 6.22. The fourth-order valence-corrected chi connectivity index (χ4v) is 4.11. The Hall–Kier alpha value is -3.23. The molecule has 0 aliphatic carbocycles. The zero-order chi connectivity index (χ0) is 24.7. The van der Waals surface area contributed by atoms with Crippen LogP contribution in [0.2, 0.25) is 0 Å². The summed E-state index contributed by atoms with van der Waals surface area (Å²) in [6.45, 7) is 7.89. The predicted octanol–water partition coefficient (Wildman–Crippen LogP) is 5.48. The molecule has 0 spiro atoms. The number of alkyl halides is 3. The number of hydrogen-bond acceptors (Lipinski definition) is 5. The van der Waals surface area contributed by atoms with Gasteiger partial charge in [-0.05, 0) is 36.8 Å². The standard InChI is InChI=1S/C25H28F3N3O3/c1-24(2,3)23(32)31-11-5-10-30(12-13-31)22-18-8-7-17(33-4)15-21(18)34-20-9-6-16(25(26,27)28)14-19(20)29-22/h6-9,14-15H,5,10-13H2,1-4H3. The lowest BCUT2D eigenvalue weighted by Crippen LogP contribution is -2.42. The van der Waals surface area contributed by atoms with E-state index in [0.29, 0.717) is 55.5 Å². The molecule has 2 aromatic carbocycles. The van der Waals surface area contributed by atoms with Crippen LogP contribution >= 0.6 is 0 Å². The van der Waals surface area contributed by atoms with Crippen molar-refractivity contribution in [3.05, 3.63) is 47.5 Å². The average Bonchev–Trinajstić information content (AvgIpc) is 3.10. The summed E-state index contributed by atoms with van der Waals surface area (Å²) >= 11 is 0. The summed E-state index contributed by atoms with van der Waals surface area (Å²) in [5, 5.41) is 0. The van der Waals surface area contributed by atoms with Crippen molar-refractivity contribution in [2.24, 2.45) is 10.4 Å². The average molecular weight is 476 g/mol. The van der Waals surface area contributed by atoms with Crippen molar-refractivity contribution in [1.82, 2.24) is 9.80 Å². The fraction of sp³-hybridized carbons (Fsp3) is 0.440. The molecule has 34 heavy (non-hydrogen) atoms. The molecule has 2 aromatic rings. The highest BCUT2D eigenvalue weighted by Gasteiger charge is 2.33. The molecule has 2 aliphatic rings. The van der Waals surface area contributed by atoms with E-state index in [0.717, 1.165) is 12.1 Å². The smallest absolute Gasteiger partial charge is 0.416 e. The molecule has 1 amide bonds. The number of amidine groups is 1. The number of rotatable bonds is 1. The van der Waals surface area contributed by atoms with Crippen LogP contribution in [0.4, 0.5) is 18.9 Å². The minimum Gasteiger partial charge on any atom is -0.497 e. The first-order valence-corrected chi connectivity index (χ1v) is 11.2. The van der Waals surface area contributed by atoms with Gasteiger partial charge in [0.2, 0.25) is 5.91 Å². The number of aliphatic imine (C=N–C) groups is 1. The highest BCUT2D eigenvalue weighted by atomic mass is 19.4. The number of methoxy groups -OCH3 is 1. The van der Waals surface area contributed by atoms with Crippen molar-refractivity contribution in [2.45, 2.75) is 33.4 Å². The highest BCUT2D eigenvalue weighted by molar-refractivity contribution is 6.04. The zero-order valence-electron chi connectivity index (χ0n) is 19.7. The Labute approximate surface area is 197 Å². The molecule has 1 saturated heterocycles. The van der Waals surface area contributed by atoms with Gasteiger partial charge in [0.25, 0.3) is 0 Å². The Morgan fingerprint density at radius 2 is 1.76 bits per heavy atom. The maximum atomic E-state index is 13.4. The second-order valence-electron chi connectivity index (χ2n) is 9.46. The van der Waals surface area contributed by atoms with Gasteiger partial charge in [0.15, 0.2) is 5.75 Å². The molecule has 2 aliphatic heterocycles. The summed E-state index contributed by atoms with van der Waals surface area (Å²) in [5.74, 6) is 1.83. The van der Waals surface area contributed by atoms with Gasteiger partial charge >= 0.3 is 6.18 Å². The number of hydrogen-bond donors (Lipinski definition) is 0. The van der Waals surface area contributed by atoms with Gasteiger partial charge in [-0.2, -0.15) is 13.2 Å². The van der Waals surface area contributed by atoms with Crippen molar-refractivity contribution in [3.63, 3.8) is 0 Å². The number of benzene rings is 2. The van der Waals surface area contributed by atoms with E-state index in [9.17, 15) is 18.0 Å². The number of halogens is 3. The Morgan fingerprint density at radius 1 is 1.00 bits per heavy atom. The molecule has 0 aromatic heterocycles. The van der Waals surface area contributed by atoms with Crippen LogP contribution in [0, 0.1) is 5.41 Å². The monoisotopic (exact) mass is 475 g/mol. The van der Waals surface area contributed by atoms with Crippen molar-refractivity contribution in [2.75, 3.05) is 33.3 Å². The number of carbonyl (C=O) groups is 1. The van der Waals surface area contributed by atoms with E-state index in [1.54, 1.807) is 18.2 Å². The van der Waals surface area contributed by atoms with Gasteiger partial charge < -0.3 is 19.3 Å². The first-order valence-electron chi connectivity index (χ1n) is 11.2. The summed E-state index contributed by atoms with van der Waals surface area (Å²) in [6, 6.07) is 8.55. The summed E-state index contributed by atoms with van der Waals surface area (Å²) in [4.78, 5) is 21.3. The van der Waals surface area contributed by atoms with Gasteiger partial charge in [-0.15, -0.1) is 0 Å². The molecule has 0 radical (unpaired) electrons. The third kappa shape index (κ3) is 4.83. The molecule has 9 heteroatoms. The largest absolute Gasteiger partial charge is 0.497 e. The molecule has 1 fully saturated rings. The first kappa shape index (κ1) is 23.9. The molecule has 4 rings (SSSR count). The van der Waals surface area contributed by atoms with Crippen molar-refractivity contribution >= 4 is 17.4 Å². The van der Waals surface area contributed by atoms with Crippen LogP contribution in [0.1, 0.15) is 38.3 Å². The number of amides is 1. The molecular weight excluding hydrogens is 447 g/mol. The molecular formula is C25H28F3N3O3. The lowest BCUT2D eigenvalue weighted by Gasteiger charge is -2.29. The van der Waals surface area contributed by atoms with Gasteiger partial charge in [0.1, 0.15) is 23.0 Å². The van der Waals surface area contributed by atoms with Crippen molar-refractivity contribution in [1.29, 1.82) is 0 Å². The summed E-state index contributed by atoms with van der Waals surface area (Å²) in [6.07, 6.45) is -3.79. The van der Waals surface area contributed by atoms with Gasteiger partial charge in [-0.1, -0.05) is 20.8 Å². The maximum absolute atomic E-state index is 13.4.